The van der Waals surface area contributed by atoms with Gasteiger partial charge in [-0.3, -0.25) is 4.79 Å². The molecule has 6 nitrogen and oxygen atoms in total. The normalized spacial score (nSPS) is 17.7. The SMILES string of the molecule is Cc1nc2c(c(N3CCC(NC(=O)c4sc(C)nc4C)CC3)n1)CCCC2. The van der Waals surface area contributed by atoms with Crippen LogP contribution in [-0.2, 0) is 12.8 Å². The lowest BCUT2D eigenvalue weighted by Gasteiger charge is -2.35. The standard InChI is InChI=1S/C20H27N5OS/c1-12-18(27-14(3)21-12)20(26)24-15-8-10-25(11-9-15)19-16-6-4-5-7-17(16)22-13(2)23-19/h15H,4-11H2,1-3H3,(H,24,26). The van der Waals surface area contributed by atoms with E-state index in [9.17, 15) is 4.79 Å². The zero-order valence-electron chi connectivity index (χ0n) is 16.3. The molecule has 1 aliphatic carbocycles. The minimum atomic E-state index is 0.0202. The molecule has 1 N–H and O–H groups in total. The van der Waals surface area contributed by atoms with Crippen LogP contribution in [0, 0.1) is 20.8 Å². The predicted octanol–water partition coefficient (Wildman–Crippen LogP) is 3.14. The Bertz CT molecular complexity index is 854. The van der Waals surface area contributed by atoms with Gasteiger partial charge in [0.2, 0.25) is 0 Å². The zero-order chi connectivity index (χ0) is 19.0. The van der Waals surface area contributed by atoms with E-state index in [1.54, 1.807) is 0 Å². The van der Waals surface area contributed by atoms with Gasteiger partial charge in [0, 0.05) is 30.4 Å². The first-order valence-electron chi connectivity index (χ1n) is 9.87. The summed E-state index contributed by atoms with van der Waals surface area (Å²) in [6, 6.07) is 0.217. The van der Waals surface area contributed by atoms with Crippen molar-refractivity contribution >= 4 is 23.1 Å². The van der Waals surface area contributed by atoms with Crippen LogP contribution in [0.5, 0.6) is 0 Å². The summed E-state index contributed by atoms with van der Waals surface area (Å²) in [6.07, 6.45) is 6.51. The number of thiazole rings is 1. The Morgan fingerprint density at radius 2 is 1.81 bits per heavy atom. The number of aryl methyl sites for hydroxylation is 4. The summed E-state index contributed by atoms with van der Waals surface area (Å²) < 4.78 is 0. The van der Waals surface area contributed by atoms with Crippen molar-refractivity contribution in [1.82, 2.24) is 20.3 Å². The molecule has 0 bridgehead atoms. The van der Waals surface area contributed by atoms with Crippen molar-refractivity contribution in [2.24, 2.45) is 0 Å². The minimum Gasteiger partial charge on any atom is -0.356 e. The van der Waals surface area contributed by atoms with E-state index in [1.165, 1.54) is 35.4 Å². The molecule has 144 valence electrons. The van der Waals surface area contributed by atoms with Gasteiger partial charge in [0.15, 0.2) is 0 Å². The first-order chi connectivity index (χ1) is 13.0. The van der Waals surface area contributed by atoms with Gasteiger partial charge in [0.25, 0.3) is 5.91 Å². The molecule has 1 saturated heterocycles. The molecule has 7 heteroatoms. The monoisotopic (exact) mass is 385 g/mol. The summed E-state index contributed by atoms with van der Waals surface area (Å²) in [7, 11) is 0. The summed E-state index contributed by atoms with van der Waals surface area (Å²) in [4.78, 5) is 29.5. The highest BCUT2D eigenvalue weighted by Crippen LogP contribution is 2.30. The first kappa shape index (κ1) is 18.3. The van der Waals surface area contributed by atoms with Crippen molar-refractivity contribution in [2.75, 3.05) is 18.0 Å². The van der Waals surface area contributed by atoms with Crippen LogP contribution in [0.15, 0.2) is 0 Å². The molecular formula is C20H27N5OS. The van der Waals surface area contributed by atoms with Crippen molar-refractivity contribution < 1.29 is 4.79 Å². The van der Waals surface area contributed by atoms with Crippen molar-refractivity contribution in [3.63, 3.8) is 0 Å². The highest BCUT2D eigenvalue weighted by Gasteiger charge is 2.26. The Balaban J connectivity index is 1.42. The fourth-order valence-corrected chi connectivity index (χ4v) is 5.01. The number of hydrogen-bond donors (Lipinski definition) is 1. The van der Waals surface area contributed by atoms with Crippen LogP contribution in [0.2, 0.25) is 0 Å². The van der Waals surface area contributed by atoms with Gasteiger partial charge in [-0.15, -0.1) is 11.3 Å². The molecule has 1 fully saturated rings. The molecular weight excluding hydrogens is 358 g/mol. The Kier molecular flexibility index (Phi) is 5.12. The summed E-state index contributed by atoms with van der Waals surface area (Å²) in [5, 5.41) is 4.15. The Labute approximate surface area is 164 Å². The molecule has 0 spiro atoms. The first-order valence-corrected chi connectivity index (χ1v) is 10.7. The lowest BCUT2D eigenvalue weighted by atomic mass is 9.95. The number of nitrogens with zero attached hydrogens (tertiary/aromatic N) is 4. The van der Waals surface area contributed by atoms with Crippen LogP contribution in [0.3, 0.4) is 0 Å². The van der Waals surface area contributed by atoms with Gasteiger partial charge in [0.1, 0.15) is 16.5 Å². The fourth-order valence-electron chi connectivity index (χ4n) is 4.18. The number of aromatic nitrogens is 3. The third-order valence-electron chi connectivity index (χ3n) is 5.51. The number of rotatable bonds is 3. The lowest BCUT2D eigenvalue weighted by Crippen LogP contribution is -2.45. The Morgan fingerprint density at radius 3 is 2.52 bits per heavy atom. The van der Waals surface area contributed by atoms with Gasteiger partial charge in [-0.2, -0.15) is 0 Å². The average Bonchev–Trinajstić information content (AvgIpc) is 3.00. The number of anilines is 1. The molecule has 2 aromatic heterocycles. The van der Waals surface area contributed by atoms with E-state index < -0.39 is 0 Å². The quantitative estimate of drug-likeness (QED) is 0.879. The molecule has 2 aliphatic rings. The van der Waals surface area contributed by atoms with Gasteiger partial charge >= 0.3 is 0 Å². The summed E-state index contributed by atoms with van der Waals surface area (Å²) in [5.74, 6) is 2.03. The van der Waals surface area contributed by atoms with E-state index in [-0.39, 0.29) is 11.9 Å². The van der Waals surface area contributed by atoms with Crippen molar-refractivity contribution in [3.8, 4) is 0 Å². The van der Waals surface area contributed by atoms with Crippen LogP contribution in [0.25, 0.3) is 0 Å². The van der Waals surface area contributed by atoms with Gasteiger partial charge in [0.05, 0.1) is 10.7 Å². The number of hydrogen-bond acceptors (Lipinski definition) is 6. The maximum absolute atomic E-state index is 12.6. The number of piperidine rings is 1. The molecule has 27 heavy (non-hydrogen) atoms. The number of carbonyl (C=O) groups is 1. The number of carbonyl (C=O) groups excluding carboxylic acids is 1. The highest BCUT2D eigenvalue weighted by atomic mass is 32.1. The zero-order valence-corrected chi connectivity index (χ0v) is 17.2. The Morgan fingerprint density at radius 1 is 1.07 bits per heavy atom. The topological polar surface area (TPSA) is 71.0 Å². The molecule has 0 radical (unpaired) electrons. The van der Waals surface area contributed by atoms with Crippen LogP contribution in [0.1, 0.15) is 63.1 Å². The number of fused-ring (bicyclic) bond motifs is 1. The van der Waals surface area contributed by atoms with Gasteiger partial charge < -0.3 is 10.2 Å². The average molecular weight is 386 g/mol. The molecule has 0 aromatic carbocycles. The second-order valence-electron chi connectivity index (χ2n) is 7.61. The van der Waals surface area contributed by atoms with E-state index >= 15 is 0 Å². The summed E-state index contributed by atoms with van der Waals surface area (Å²) in [6.45, 7) is 7.69. The molecule has 1 amide bonds. The van der Waals surface area contributed by atoms with Crippen LogP contribution >= 0.6 is 11.3 Å². The molecule has 0 atom stereocenters. The molecule has 2 aromatic rings. The van der Waals surface area contributed by atoms with E-state index in [1.807, 2.05) is 20.8 Å². The largest absolute Gasteiger partial charge is 0.356 e. The molecule has 4 rings (SSSR count). The highest BCUT2D eigenvalue weighted by molar-refractivity contribution is 7.13. The smallest absolute Gasteiger partial charge is 0.263 e. The Hall–Kier alpha value is -2.02. The van der Waals surface area contributed by atoms with E-state index in [0.717, 1.165) is 66.0 Å². The van der Waals surface area contributed by atoms with Crippen LogP contribution in [-0.4, -0.2) is 40.0 Å². The second-order valence-corrected chi connectivity index (χ2v) is 8.81. The minimum absolute atomic E-state index is 0.0202. The maximum Gasteiger partial charge on any atom is 0.263 e. The van der Waals surface area contributed by atoms with Gasteiger partial charge in [-0.25, -0.2) is 15.0 Å². The lowest BCUT2D eigenvalue weighted by molar-refractivity contribution is 0.0934. The van der Waals surface area contributed by atoms with Crippen LogP contribution in [0.4, 0.5) is 5.82 Å². The van der Waals surface area contributed by atoms with E-state index in [2.05, 4.69) is 20.2 Å². The third kappa shape index (κ3) is 3.83. The van der Waals surface area contributed by atoms with E-state index in [4.69, 9.17) is 4.98 Å². The fraction of sp³-hybridized carbons (Fsp3) is 0.600. The van der Waals surface area contributed by atoms with Gasteiger partial charge in [-0.1, -0.05) is 0 Å². The van der Waals surface area contributed by atoms with Crippen LogP contribution < -0.4 is 10.2 Å². The maximum atomic E-state index is 12.6. The second kappa shape index (κ2) is 7.54. The number of nitrogens with one attached hydrogen (secondary N) is 1. The molecule has 1 aliphatic heterocycles. The third-order valence-corrected chi connectivity index (χ3v) is 6.58. The predicted molar refractivity (Wildman–Crippen MR) is 108 cm³/mol. The van der Waals surface area contributed by atoms with Gasteiger partial charge in [-0.05, 0) is 59.3 Å². The van der Waals surface area contributed by atoms with E-state index in [0.29, 0.717) is 0 Å². The summed E-state index contributed by atoms with van der Waals surface area (Å²) >= 11 is 1.47. The van der Waals surface area contributed by atoms with Crippen molar-refractivity contribution in [2.45, 2.75) is 65.3 Å². The molecule has 0 saturated carbocycles. The van der Waals surface area contributed by atoms with Crippen molar-refractivity contribution in [3.05, 3.63) is 32.7 Å². The number of amides is 1. The summed E-state index contributed by atoms with van der Waals surface area (Å²) in [5.41, 5.74) is 3.43. The molecule has 0 unspecified atom stereocenters. The van der Waals surface area contributed by atoms with Crippen molar-refractivity contribution in [1.29, 1.82) is 0 Å². The molecule has 3 heterocycles.